The zero-order valence-electron chi connectivity index (χ0n) is 13.2. The normalized spacial score (nSPS) is 21.1. The molecule has 1 saturated heterocycles. The molecule has 0 N–H and O–H groups in total. The van der Waals surface area contributed by atoms with Crippen LogP contribution in [-0.4, -0.2) is 28.4 Å². The van der Waals surface area contributed by atoms with Crippen molar-refractivity contribution in [2.45, 2.75) is 32.7 Å². The molecule has 0 aliphatic carbocycles. The number of pyridine rings is 1. The zero-order valence-corrected chi connectivity index (χ0v) is 13.2. The van der Waals surface area contributed by atoms with Crippen LogP contribution in [0.5, 0.6) is 0 Å². The van der Waals surface area contributed by atoms with Crippen LogP contribution < -0.4 is 0 Å². The highest BCUT2D eigenvalue weighted by molar-refractivity contribution is 5.94. The van der Waals surface area contributed by atoms with Gasteiger partial charge in [-0.2, -0.15) is 0 Å². The summed E-state index contributed by atoms with van der Waals surface area (Å²) in [6.45, 7) is 4.94. The number of aromatic nitrogens is 1. The highest BCUT2D eigenvalue weighted by atomic mass is 16.2. The van der Waals surface area contributed by atoms with Gasteiger partial charge in [-0.05, 0) is 50.3 Å². The van der Waals surface area contributed by atoms with Crippen molar-refractivity contribution >= 4 is 5.91 Å². The van der Waals surface area contributed by atoms with Gasteiger partial charge < -0.3 is 4.90 Å². The molecule has 1 aliphatic heterocycles. The van der Waals surface area contributed by atoms with Crippen LogP contribution in [0.15, 0.2) is 48.7 Å². The molecule has 22 heavy (non-hydrogen) atoms. The maximum Gasteiger partial charge on any atom is 0.255 e. The predicted octanol–water partition coefficient (Wildman–Crippen LogP) is 3.48. The van der Waals surface area contributed by atoms with Crippen molar-refractivity contribution in [2.24, 2.45) is 5.92 Å². The third kappa shape index (κ3) is 3.03. The van der Waals surface area contributed by atoms with Gasteiger partial charge in [0.05, 0.1) is 5.56 Å². The molecule has 0 saturated carbocycles. The van der Waals surface area contributed by atoms with Crippen LogP contribution in [0, 0.1) is 12.8 Å². The molecule has 1 fully saturated rings. The molecular weight excluding hydrogens is 272 g/mol. The molecule has 1 aromatic heterocycles. The van der Waals surface area contributed by atoms with E-state index in [9.17, 15) is 4.79 Å². The molecule has 2 heterocycles. The number of carbonyl (C=O) groups excluding carboxylic acids is 1. The van der Waals surface area contributed by atoms with E-state index in [2.05, 4.69) is 36.2 Å². The quantitative estimate of drug-likeness (QED) is 0.868. The first-order valence-electron chi connectivity index (χ1n) is 7.92. The second-order valence-electron chi connectivity index (χ2n) is 6.17. The Bertz CT molecular complexity index is 636. The molecule has 1 amide bonds. The molecule has 0 spiro atoms. The topological polar surface area (TPSA) is 33.2 Å². The van der Waals surface area contributed by atoms with Gasteiger partial charge in [0.25, 0.3) is 5.91 Å². The number of hydrogen-bond acceptors (Lipinski definition) is 2. The summed E-state index contributed by atoms with van der Waals surface area (Å²) in [6, 6.07) is 14.6. The van der Waals surface area contributed by atoms with E-state index >= 15 is 0 Å². The first-order valence-corrected chi connectivity index (χ1v) is 7.92. The number of benzene rings is 1. The van der Waals surface area contributed by atoms with Crippen molar-refractivity contribution in [3.8, 4) is 0 Å². The van der Waals surface area contributed by atoms with Gasteiger partial charge in [0.1, 0.15) is 0 Å². The maximum atomic E-state index is 12.7. The molecule has 2 unspecified atom stereocenters. The Kier molecular flexibility index (Phi) is 4.23. The summed E-state index contributed by atoms with van der Waals surface area (Å²) in [6.07, 6.45) is 3.80. The van der Waals surface area contributed by atoms with Gasteiger partial charge in [0.15, 0.2) is 0 Å². The summed E-state index contributed by atoms with van der Waals surface area (Å²) >= 11 is 0. The second kappa shape index (κ2) is 6.30. The van der Waals surface area contributed by atoms with E-state index in [1.54, 1.807) is 6.20 Å². The van der Waals surface area contributed by atoms with E-state index in [-0.39, 0.29) is 11.9 Å². The highest BCUT2D eigenvalue weighted by Crippen LogP contribution is 2.28. The van der Waals surface area contributed by atoms with Crippen LogP contribution in [0.25, 0.3) is 0 Å². The van der Waals surface area contributed by atoms with Crippen molar-refractivity contribution < 1.29 is 4.79 Å². The number of likely N-dealkylation sites (tertiary alicyclic amines) is 1. The largest absolute Gasteiger partial charge is 0.336 e. The lowest BCUT2D eigenvalue weighted by Crippen LogP contribution is -2.36. The van der Waals surface area contributed by atoms with Gasteiger partial charge in [0.2, 0.25) is 0 Å². The number of amides is 1. The minimum atomic E-state index is 0.107. The molecule has 3 nitrogen and oxygen atoms in total. The van der Waals surface area contributed by atoms with Crippen molar-refractivity contribution in [3.05, 3.63) is 65.5 Å². The molecule has 1 aromatic carbocycles. The molecule has 3 rings (SSSR count). The average Bonchev–Trinajstić information content (AvgIpc) is 2.89. The summed E-state index contributed by atoms with van der Waals surface area (Å²) in [5.74, 6) is 0.639. The van der Waals surface area contributed by atoms with Crippen molar-refractivity contribution in [2.75, 3.05) is 6.54 Å². The summed E-state index contributed by atoms with van der Waals surface area (Å²) in [7, 11) is 0. The molecule has 3 heteroatoms. The predicted molar refractivity (Wildman–Crippen MR) is 87.7 cm³/mol. The van der Waals surface area contributed by atoms with Crippen molar-refractivity contribution in [1.82, 2.24) is 9.88 Å². The molecular formula is C19H22N2O. The van der Waals surface area contributed by atoms with E-state index in [0.29, 0.717) is 11.5 Å². The minimum Gasteiger partial charge on any atom is -0.336 e. The van der Waals surface area contributed by atoms with Gasteiger partial charge in [-0.25, -0.2) is 0 Å². The van der Waals surface area contributed by atoms with E-state index in [1.807, 2.05) is 30.0 Å². The van der Waals surface area contributed by atoms with E-state index in [1.165, 1.54) is 5.56 Å². The lowest BCUT2D eigenvalue weighted by atomic mass is 9.93. The first-order chi connectivity index (χ1) is 10.6. The van der Waals surface area contributed by atoms with Crippen LogP contribution >= 0.6 is 0 Å². The Morgan fingerprint density at radius 3 is 2.68 bits per heavy atom. The number of carbonyl (C=O) groups is 1. The fraction of sp³-hybridized carbons (Fsp3) is 0.368. The average molecular weight is 294 g/mol. The van der Waals surface area contributed by atoms with Gasteiger partial charge in [-0.1, -0.05) is 30.3 Å². The van der Waals surface area contributed by atoms with Crippen LogP contribution in [0.3, 0.4) is 0 Å². The Labute approximate surface area is 132 Å². The Balaban J connectivity index is 1.69. The number of nitrogens with zero attached hydrogens (tertiary/aromatic N) is 2. The monoisotopic (exact) mass is 294 g/mol. The second-order valence-corrected chi connectivity index (χ2v) is 6.17. The van der Waals surface area contributed by atoms with E-state index in [0.717, 1.165) is 25.1 Å². The molecule has 2 aromatic rings. The van der Waals surface area contributed by atoms with Gasteiger partial charge in [0, 0.05) is 24.5 Å². The summed E-state index contributed by atoms with van der Waals surface area (Å²) in [5.41, 5.74) is 2.98. The van der Waals surface area contributed by atoms with Crippen molar-refractivity contribution in [3.63, 3.8) is 0 Å². The molecule has 0 radical (unpaired) electrons. The van der Waals surface area contributed by atoms with E-state index < -0.39 is 0 Å². The van der Waals surface area contributed by atoms with Crippen LogP contribution in [-0.2, 0) is 6.42 Å². The molecule has 2 atom stereocenters. The number of aryl methyl sites for hydroxylation is 1. The lowest BCUT2D eigenvalue weighted by Gasteiger charge is -2.25. The summed E-state index contributed by atoms with van der Waals surface area (Å²) in [4.78, 5) is 18.9. The smallest absolute Gasteiger partial charge is 0.255 e. The summed E-state index contributed by atoms with van der Waals surface area (Å²) in [5, 5.41) is 0. The third-order valence-electron chi connectivity index (χ3n) is 4.67. The molecule has 0 bridgehead atoms. The summed E-state index contributed by atoms with van der Waals surface area (Å²) < 4.78 is 0. The van der Waals surface area contributed by atoms with Gasteiger partial charge >= 0.3 is 0 Å². The van der Waals surface area contributed by atoms with Gasteiger partial charge in [-0.15, -0.1) is 0 Å². The van der Waals surface area contributed by atoms with Gasteiger partial charge in [-0.3, -0.25) is 9.78 Å². The Hall–Kier alpha value is -2.16. The zero-order chi connectivity index (χ0) is 15.5. The Morgan fingerprint density at radius 1 is 1.23 bits per heavy atom. The lowest BCUT2D eigenvalue weighted by molar-refractivity contribution is 0.0731. The maximum absolute atomic E-state index is 12.7. The third-order valence-corrected chi connectivity index (χ3v) is 4.67. The number of hydrogen-bond donors (Lipinski definition) is 0. The highest BCUT2D eigenvalue weighted by Gasteiger charge is 2.34. The van der Waals surface area contributed by atoms with Crippen LogP contribution in [0.4, 0.5) is 0 Å². The fourth-order valence-electron chi connectivity index (χ4n) is 3.24. The number of rotatable bonds is 3. The first kappa shape index (κ1) is 14.8. The molecule has 1 aliphatic rings. The van der Waals surface area contributed by atoms with Crippen LogP contribution in [0.1, 0.15) is 35.0 Å². The standard InChI is InChI=1S/C19H22N2O/c1-14-8-9-18(13-20-14)19(22)21-11-10-17(15(21)2)12-16-6-4-3-5-7-16/h3-9,13,15,17H,10-12H2,1-2H3. The molecule has 114 valence electrons. The van der Waals surface area contributed by atoms with Crippen molar-refractivity contribution in [1.29, 1.82) is 0 Å². The fourth-order valence-corrected chi connectivity index (χ4v) is 3.24. The van der Waals surface area contributed by atoms with Crippen LogP contribution in [0.2, 0.25) is 0 Å². The minimum absolute atomic E-state index is 0.107. The SMILES string of the molecule is Cc1ccc(C(=O)N2CCC(Cc3ccccc3)C2C)cn1. The Morgan fingerprint density at radius 2 is 2.00 bits per heavy atom. The van der Waals surface area contributed by atoms with E-state index in [4.69, 9.17) is 0 Å².